The van der Waals surface area contributed by atoms with Crippen molar-refractivity contribution in [1.82, 2.24) is 4.72 Å². The van der Waals surface area contributed by atoms with E-state index < -0.39 is 10.0 Å². The second-order valence-electron chi connectivity index (χ2n) is 5.65. The summed E-state index contributed by atoms with van der Waals surface area (Å²) in [7, 11) is -3.59. The van der Waals surface area contributed by atoms with Crippen LogP contribution in [0.1, 0.15) is 16.9 Å². The standard InChI is InChI=1S/C19H18BrNO4S/c20-18-8-1-2-9-19(18)26(22,23)21-12-15-5-3-6-16(11-15)13-24-14-17-7-4-10-25-17/h1-11,21H,12-14H2. The molecule has 3 aromatic rings. The molecule has 1 N–H and O–H groups in total. The summed E-state index contributed by atoms with van der Waals surface area (Å²) in [5, 5.41) is 0. The first-order valence-corrected chi connectivity index (χ1v) is 10.2. The van der Waals surface area contributed by atoms with E-state index in [4.69, 9.17) is 9.15 Å². The minimum Gasteiger partial charge on any atom is -0.467 e. The van der Waals surface area contributed by atoms with E-state index >= 15 is 0 Å². The molecule has 0 spiro atoms. The van der Waals surface area contributed by atoms with Gasteiger partial charge in [0, 0.05) is 11.0 Å². The molecule has 136 valence electrons. The lowest BCUT2D eigenvalue weighted by molar-refractivity contribution is 0.0929. The van der Waals surface area contributed by atoms with Crippen LogP contribution in [-0.4, -0.2) is 8.42 Å². The molecule has 0 aliphatic heterocycles. The largest absolute Gasteiger partial charge is 0.467 e. The first-order valence-electron chi connectivity index (χ1n) is 7.97. The lowest BCUT2D eigenvalue weighted by Crippen LogP contribution is -2.23. The topological polar surface area (TPSA) is 68.5 Å². The summed E-state index contributed by atoms with van der Waals surface area (Å²) < 4.78 is 38.9. The smallest absolute Gasteiger partial charge is 0.241 e. The Morgan fingerprint density at radius 3 is 2.54 bits per heavy atom. The molecule has 0 radical (unpaired) electrons. The molecule has 3 rings (SSSR count). The van der Waals surface area contributed by atoms with Crippen LogP contribution in [0.25, 0.3) is 0 Å². The number of hydrogen-bond donors (Lipinski definition) is 1. The van der Waals surface area contributed by atoms with E-state index in [9.17, 15) is 8.42 Å². The zero-order chi connectivity index (χ0) is 18.4. The molecule has 5 nitrogen and oxygen atoms in total. The number of nitrogens with one attached hydrogen (secondary N) is 1. The maximum Gasteiger partial charge on any atom is 0.241 e. The first kappa shape index (κ1) is 18.8. The Morgan fingerprint density at radius 1 is 0.962 bits per heavy atom. The number of furan rings is 1. The van der Waals surface area contributed by atoms with Gasteiger partial charge >= 0.3 is 0 Å². The van der Waals surface area contributed by atoms with Crippen LogP contribution in [0.3, 0.4) is 0 Å². The van der Waals surface area contributed by atoms with Gasteiger partial charge in [-0.25, -0.2) is 13.1 Å². The predicted molar refractivity (Wildman–Crippen MR) is 102 cm³/mol. The van der Waals surface area contributed by atoms with E-state index in [1.165, 1.54) is 0 Å². The molecule has 1 heterocycles. The molecular weight excluding hydrogens is 418 g/mol. The molecule has 7 heteroatoms. The highest BCUT2D eigenvalue weighted by atomic mass is 79.9. The van der Waals surface area contributed by atoms with Gasteiger partial charge in [-0.05, 0) is 51.3 Å². The second-order valence-corrected chi connectivity index (χ2v) is 8.24. The summed E-state index contributed by atoms with van der Waals surface area (Å²) in [6, 6.07) is 18.0. The van der Waals surface area contributed by atoms with E-state index in [0.717, 1.165) is 16.9 Å². The van der Waals surface area contributed by atoms with Crippen LogP contribution >= 0.6 is 15.9 Å². The average molecular weight is 436 g/mol. The van der Waals surface area contributed by atoms with Gasteiger partial charge in [0.05, 0.1) is 17.8 Å². The third-order valence-corrected chi connectivity index (χ3v) is 6.09. The number of rotatable bonds is 8. The number of halogens is 1. The monoisotopic (exact) mass is 435 g/mol. The molecule has 0 aliphatic rings. The quantitative estimate of drug-likeness (QED) is 0.574. The minimum absolute atomic E-state index is 0.204. The highest BCUT2D eigenvalue weighted by Gasteiger charge is 2.16. The van der Waals surface area contributed by atoms with Gasteiger partial charge in [0.15, 0.2) is 0 Å². The van der Waals surface area contributed by atoms with Crippen molar-refractivity contribution in [1.29, 1.82) is 0 Å². The maximum atomic E-state index is 12.4. The predicted octanol–water partition coefficient (Wildman–Crippen LogP) is 4.24. The van der Waals surface area contributed by atoms with Gasteiger partial charge in [-0.15, -0.1) is 0 Å². The second kappa shape index (κ2) is 8.64. The van der Waals surface area contributed by atoms with Crippen molar-refractivity contribution in [3.63, 3.8) is 0 Å². The summed E-state index contributed by atoms with van der Waals surface area (Å²) in [5.41, 5.74) is 1.83. The molecule has 0 amide bonds. The van der Waals surface area contributed by atoms with Crippen molar-refractivity contribution in [3.8, 4) is 0 Å². The highest BCUT2D eigenvalue weighted by molar-refractivity contribution is 9.10. The number of sulfonamides is 1. The fourth-order valence-corrected chi connectivity index (χ4v) is 4.43. The van der Waals surface area contributed by atoms with E-state index in [1.807, 2.05) is 36.4 Å². The molecule has 0 atom stereocenters. The Balaban J connectivity index is 1.59. The minimum atomic E-state index is -3.59. The average Bonchev–Trinajstić information content (AvgIpc) is 3.14. The van der Waals surface area contributed by atoms with Crippen LogP contribution in [0, 0.1) is 0 Å². The maximum absolute atomic E-state index is 12.4. The molecule has 1 aromatic heterocycles. The highest BCUT2D eigenvalue weighted by Crippen LogP contribution is 2.21. The fraction of sp³-hybridized carbons (Fsp3) is 0.158. The summed E-state index contributed by atoms with van der Waals surface area (Å²) in [4.78, 5) is 0.220. The molecule has 26 heavy (non-hydrogen) atoms. The van der Waals surface area contributed by atoms with E-state index in [0.29, 0.717) is 17.7 Å². The molecule has 0 unspecified atom stereocenters. The van der Waals surface area contributed by atoms with Gasteiger partial charge in [-0.2, -0.15) is 0 Å². The molecule has 0 saturated carbocycles. The lowest BCUT2D eigenvalue weighted by atomic mass is 10.1. The molecule has 0 saturated heterocycles. The summed E-state index contributed by atoms with van der Waals surface area (Å²) in [6.45, 7) is 1.02. The number of ether oxygens (including phenoxy) is 1. The molecule has 0 aliphatic carbocycles. The van der Waals surface area contributed by atoms with Gasteiger partial charge < -0.3 is 9.15 Å². The summed E-state index contributed by atoms with van der Waals surface area (Å²) in [6.07, 6.45) is 1.61. The zero-order valence-corrected chi connectivity index (χ0v) is 16.3. The Labute approximate surface area is 161 Å². The van der Waals surface area contributed by atoms with Crippen LogP contribution in [0.5, 0.6) is 0 Å². The Kier molecular flexibility index (Phi) is 6.26. The van der Waals surface area contributed by atoms with Gasteiger partial charge in [-0.1, -0.05) is 36.4 Å². The normalized spacial score (nSPS) is 11.6. The third-order valence-electron chi connectivity index (χ3n) is 3.68. The first-order chi connectivity index (χ1) is 12.5. The fourth-order valence-electron chi connectivity index (χ4n) is 2.41. The molecule has 0 fully saturated rings. The Bertz CT molecular complexity index is 955. The van der Waals surface area contributed by atoms with Crippen molar-refractivity contribution in [2.24, 2.45) is 0 Å². The van der Waals surface area contributed by atoms with Crippen LogP contribution in [0.15, 0.2) is 80.7 Å². The van der Waals surface area contributed by atoms with E-state index in [2.05, 4.69) is 20.7 Å². The van der Waals surface area contributed by atoms with Crippen molar-refractivity contribution in [2.75, 3.05) is 0 Å². The van der Waals surface area contributed by atoms with Gasteiger partial charge in [0.1, 0.15) is 12.4 Å². The van der Waals surface area contributed by atoms with E-state index in [1.54, 1.807) is 30.5 Å². The summed E-state index contributed by atoms with van der Waals surface area (Å²) in [5.74, 6) is 0.766. The van der Waals surface area contributed by atoms with Gasteiger partial charge in [0.2, 0.25) is 10.0 Å². The molecule has 0 bridgehead atoms. The zero-order valence-electron chi connectivity index (χ0n) is 13.9. The number of benzene rings is 2. The van der Waals surface area contributed by atoms with Crippen molar-refractivity contribution in [2.45, 2.75) is 24.7 Å². The van der Waals surface area contributed by atoms with Crippen LogP contribution < -0.4 is 4.72 Å². The third kappa shape index (κ3) is 5.04. The van der Waals surface area contributed by atoms with Crippen molar-refractivity contribution < 1.29 is 17.6 Å². The van der Waals surface area contributed by atoms with Crippen molar-refractivity contribution >= 4 is 26.0 Å². The summed E-state index contributed by atoms with van der Waals surface area (Å²) >= 11 is 3.27. The SMILES string of the molecule is O=S(=O)(NCc1cccc(COCc2ccco2)c1)c1ccccc1Br. The van der Waals surface area contributed by atoms with Crippen LogP contribution in [0.2, 0.25) is 0 Å². The van der Waals surface area contributed by atoms with Crippen LogP contribution in [-0.2, 0) is 34.5 Å². The van der Waals surface area contributed by atoms with Gasteiger partial charge in [0.25, 0.3) is 0 Å². The number of hydrogen-bond acceptors (Lipinski definition) is 4. The van der Waals surface area contributed by atoms with Gasteiger partial charge in [-0.3, -0.25) is 0 Å². The van der Waals surface area contributed by atoms with Crippen molar-refractivity contribution in [3.05, 3.63) is 88.3 Å². The Morgan fingerprint density at radius 2 is 1.77 bits per heavy atom. The molecular formula is C19H18BrNO4S. The Hall–Kier alpha value is -1.93. The molecule has 2 aromatic carbocycles. The van der Waals surface area contributed by atoms with Crippen LogP contribution in [0.4, 0.5) is 0 Å². The van der Waals surface area contributed by atoms with E-state index in [-0.39, 0.29) is 11.4 Å². The lowest BCUT2D eigenvalue weighted by Gasteiger charge is -2.10.